The second-order valence-electron chi connectivity index (χ2n) is 5.45. The predicted molar refractivity (Wildman–Crippen MR) is 89.4 cm³/mol. The predicted octanol–water partition coefficient (Wildman–Crippen LogP) is 4.41. The molecule has 0 saturated carbocycles. The summed E-state index contributed by atoms with van der Waals surface area (Å²) in [7, 11) is 1.53. The molecule has 0 aliphatic heterocycles. The van der Waals surface area contributed by atoms with Crippen molar-refractivity contribution in [2.75, 3.05) is 13.7 Å². The lowest BCUT2D eigenvalue weighted by atomic mass is 10.1. The number of carbonyl (C=O) groups is 1. The molecule has 2 rings (SSSR count). The third-order valence-electron chi connectivity index (χ3n) is 3.66. The van der Waals surface area contributed by atoms with E-state index >= 15 is 0 Å². The van der Waals surface area contributed by atoms with E-state index in [1.807, 2.05) is 0 Å². The van der Waals surface area contributed by atoms with Gasteiger partial charge in [0, 0.05) is 18.7 Å². The second kappa shape index (κ2) is 8.36. The first-order chi connectivity index (χ1) is 11.8. The van der Waals surface area contributed by atoms with Crippen LogP contribution in [0.15, 0.2) is 48.5 Å². The van der Waals surface area contributed by atoms with Crippen LogP contribution in [0.1, 0.15) is 22.8 Å². The molecule has 0 saturated heterocycles. The fraction of sp³-hybridized carbons (Fsp3) is 0.278. The minimum atomic E-state index is -4.38. The lowest BCUT2D eigenvalue weighted by Gasteiger charge is -2.16. The van der Waals surface area contributed by atoms with Crippen LogP contribution in [0.4, 0.5) is 13.2 Å². The number of ether oxygens (including phenoxy) is 1. The molecule has 0 aromatic heterocycles. The molecule has 0 aliphatic rings. The highest BCUT2D eigenvalue weighted by Crippen LogP contribution is 2.29. The summed E-state index contributed by atoms with van der Waals surface area (Å²) in [5.74, 6) is -0.296. The summed E-state index contributed by atoms with van der Waals surface area (Å²) in [5.41, 5.74) is 0.631. The molecular formula is C18H17ClF3NO2. The average Bonchev–Trinajstić information content (AvgIpc) is 2.56. The van der Waals surface area contributed by atoms with E-state index in [2.05, 4.69) is 5.32 Å². The van der Waals surface area contributed by atoms with Gasteiger partial charge in [-0.3, -0.25) is 4.79 Å². The highest BCUT2D eigenvalue weighted by Gasteiger charge is 2.29. The van der Waals surface area contributed by atoms with Crippen LogP contribution in [0.25, 0.3) is 0 Å². The second-order valence-corrected chi connectivity index (χ2v) is 5.89. The van der Waals surface area contributed by atoms with Crippen LogP contribution in [-0.4, -0.2) is 19.6 Å². The van der Waals surface area contributed by atoms with Crippen molar-refractivity contribution in [1.29, 1.82) is 0 Å². The monoisotopic (exact) mass is 371 g/mol. The highest BCUT2D eigenvalue weighted by atomic mass is 35.5. The van der Waals surface area contributed by atoms with Crippen LogP contribution in [0.3, 0.4) is 0 Å². The summed E-state index contributed by atoms with van der Waals surface area (Å²) in [5, 5.41) is 3.32. The standard InChI is InChI=1S/C18H17ClF3NO2/c1-25-16(13-4-8-15(19)9-5-13)11-23-17(24)10-12-2-6-14(7-3-12)18(20,21)22/h2-9,16H,10-11H2,1H3,(H,23,24)/t16-/m1/s1. The maximum Gasteiger partial charge on any atom is 0.416 e. The number of carbonyl (C=O) groups excluding carboxylic acids is 1. The molecule has 0 unspecified atom stereocenters. The van der Waals surface area contributed by atoms with E-state index in [9.17, 15) is 18.0 Å². The molecule has 2 aromatic rings. The Balaban J connectivity index is 1.90. The number of hydrogen-bond donors (Lipinski definition) is 1. The van der Waals surface area contributed by atoms with Gasteiger partial charge in [0.25, 0.3) is 0 Å². The van der Waals surface area contributed by atoms with Crippen molar-refractivity contribution >= 4 is 17.5 Å². The smallest absolute Gasteiger partial charge is 0.375 e. The topological polar surface area (TPSA) is 38.3 Å². The summed E-state index contributed by atoms with van der Waals surface area (Å²) in [6.45, 7) is 0.248. The van der Waals surface area contributed by atoms with Gasteiger partial charge in [-0.25, -0.2) is 0 Å². The molecule has 3 nitrogen and oxygen atoms in total. The first-order valence-corrected chi connectivity index (χ1v) is 7.88. The summed E-state index contributed by atoms with van der Waals surface area (Å²) < 4.78 is 42.9. The van der Waals surface area contributed by atoms with Crippen molar-refractivity contribution in [3.63, 3.8) is 0 Å². The lowest BCUT2D eigenvalue weighted by molar-refractivity contribution is -0.137. The Bertz CT molecular complexity index is 700. The number of alkyl halides is 3. The molecule has 0 spiro atoms. The Morgan fingerprint density at radius 3 is 2.24 bits per heavy atom. The maximum atomic E-state index is 12.5. The molecular weight excluding hydrogens is 355 g/mol. The normalized spacial score (nSPS) is 12.7. The van der Waals surface area contributed by atoms with E-state index in [-0.39, 0.29) is 25.0 Å². The average molecular weight is 372 g/mol. The van der Waals surface area contributed by atoms with E-state index in [4.69, 9.17) is 16.3 Å². The molecule has 1 N–H and O–H groups in total. The minimum absolute atomic E-state index is 0.00477. The van der Waals surface area contributed by atoms with Gasteiger partial charge in [-0.1, -0.05) is 35.9 Å². The molecule has 7 heteroatoms. The maximum absolute atomic E-state index is 12.5. The molecule has 25 heavy (non-hydrogen) atoms. The molecule has 0 radical (unpaired) electrons. The zero-order valence-corrected chi connectivity index (χ0v) is 14.2. The fourth-order valence-electron chi connectivity index (χ4n) is 2.28. The highest BCUT2D eigenvalue weighted by molar-refractivity contribution is 6.30. The molecule has 134 valence electrons. The SMILES string of the molecule is CO[C@H](CNC(=O)Cc1ccc(C(F)(F)F)cc1)c1ccc(Cl)cc1. The third kappa shape index (κ3) is 5.76. The van der Waals surface area contributed by atoms with E-state index in [1.165, 1.54) is 19.2 Å². The molecule has 0 fully saturated rings. The van der Waals surface area contributed by atoms with Gasteiger partial charge in [0.05, 0.1) is 18.1 Å². The third-order valence-corrected chi connectivity index (χ3v) is 3.91. The summed E-state index contributed by atoms with van der Waals surface area (Å²) in [6.07, 6.45) is -4.73. The number of benzene rings is 2. The van der Waals surface area contributed by atoms with Crippen molar-refractivity contribution in [2.24, 2.45) is 0 Å². The van der Waals surface area contributed by atoms with Crippen LogP contribution < -0.4 is 5.32 Å². The van der Waals surface area contributed by atoms with Gasteiger partial charge in [-0.05, 0) is 35.4 Å². The Labute approximate surface area is 148 Å². The molecule has 2 aromatic carbocycles. The zero-order chi connectivity index (χ0) is 18.4. The lowest BCUT2D eigenvalue weighted by Crippen LogP contribution is -2.30. The number of methoxy groups -OCH3 is 1. The van der Waals surface area contributed by atoms with Crippen LogP contribution >= 0.6 is 11.6 Å². The van der Waals surface area contributed by atoms with Crippen molar-refractivity contribution in [3.05, 3.63) is 70.2 Å². The van der Waals surface area contributed by atoms with Gasteiger partial charge >= 0.3 is 6.18 Å². The summed E-state index contributed by atoms with van der Waals surface area (Å²) in [6, 6.07) is 11.6. The molecule has 0 aliphatic carbocycles. The largest absolute Gasteiger partial charge is 0.416 e. The molecule has 1 amide bonds. The van der Waals surface area contributed by atoms with E-state index < -0.39 is 11.7 Å². The van der Waals surface area contributed by atoms with Crippen molar-refractivity contribution in [1.82, 2.24) is 5.32 Å². The number of nitrogens with one attached hydrogen (secondary N) is 1. The number of hydrogen-bond acceptors (Lipinski definition) is 2. The van der Waals surface area contributed by atoms with Gasteiger partial charge in [-0.2, -0.15) is 13.2 Å². The summed E-state index contributed by atoms with van der Waals surface area (Å²) >= 11 is 5.84. The van der Waals surface area contributed by atoms with Gasteiger partial charge in [-0.15, -0.1) is 0 Å². The zero-order valence-electron chi connectivity index (χ0n) is 13.4. The van der Waals surface area contributed by atoms with E-state index in [1.54, 1.807) is 24.3 Å². The van der Waals surface area contributed by atoms with E-state index in [0.717, 1.165) is 17.7 Å². The number of rotatable bonds is 6. The minimum Gasteiger partial charge on any atom is -0.375 e. The van der Waals surface area contributed by atoms with Crippen LogP contribution in [0.2, 0.25) is 5.02 Å². The first kappa shape index (κ1) is 19.3. The van der Waals surface area contributed by atoms with Gasteiger partial charge < -0.3 is 10.1 Å². The Hall–Kier alpha value is -2.05. The fourth-order valence-corrected chi connectivity index (χ4v) is 2.41. The van der Waals surface area contributed by atoms with Gasteiger partial charge in [0.15, 0.2) is 0 Å². The van der Waals surface area contributed by atoms with Crippen molar-refractivity contribution in [3.8, 4) is 0 Å². The van der Waals surface area contributed by atoms with Crippen LogP contribution in [0, 0.1) is 0 Å². The van der Waals surface area contributed by atoms with Gasteiger partial charge in [0.1, 0.15) is 0 Å². The van der Waals surface area contributed by atoms with Crippen molar-refractivity contribution < 1.29 is 22.7 Å². The van der Waals surface area contributed by atoms with Crippen LogP contribution in [0.5, 0.6) is 0 Å². The summed E-state index contributed by atoms with van der Waals surface area (Å²) in [4.78, 5) is 12.0. The van der Waals surface area contributed by atoms with E-state index in [0.29, 0.717) is 10.6 Å². The number of halogens is 4. The Kier molecular flexibility index (Phi) is 6.45. The Morgan fingerprint density at radius 1 is 1.12 bits per heavy atom. The molecule has 0 bridgehead atoms. The first-order valence-electron chi connectivity index (χ1n) is 7.50. The van der Waals surface area contributed by atoms with Crippen LogP contribution in [-0.2, 0) is 22.1 Å². The molecule has 1 atom stereocenters. The number of amides is 1. The Morgan fingerprint density at radius 2 is 1.72 bits per heavy atom. The quantitative estimate of drug-likeness (QED) is 0.817. The van der Waals surface area contributed by atoms with Gasteiger partial charge in [0.2, 0.25) is 5.91 Å². The molecule has 0 heterocycles. The van der Waals surface area contributed by atoms with Crippen molar-refractivity contribution in [2.45, 2.75) is 18.7 Å².